The number of benzene rings is 1. The predicted octanol–water partition coefficient (Wildman–Crippen LogP) is 7.85. The Hall–Kier alpha value is -3.28. The molecule has 0 radical (unpaired) electrons. The molecule has 0 spiro atoms. The number of carbonyl (C=O) groups is 2. The fourth-order valence-corrected chi connectivity index (χ4v) is 5.24. The lowest BCUT2D eigenvalue weighted by atomic mass is 10.1. The van der Waals surface area contributed by atoms with Crippen molar-refractivity contribution in [3.05, 3.63) is 58.2 Å². The van der Waals surface area contributed by atoms with Crippen molar-refractivity contribution in [2.24, 2.45) is 0 Å². The molecule has 1 atom stereocenters. The van der Waals surface area contributed by atoms with Crippen LogP contribution in [0.3, 0.4) is 0 Å². The molecule has 1 saturated heterocycles. The molecule has 10 nitrogen and oxygen atoms in total. The van der Waals surface area contributed by atoms with E-state index in [1.807, 2.05) is 31.6 Å². The molecule has 0 aliphatic carbocycles. The summed E-state index contributed by atoms with van der Waals surface area (Å²) in [6.45, 7) is 8.27. The van der Waals surface area contributed by atoms with Crippen LogP contribution < -0.4 is 10.1 Å². The Bertz CT molecular complexity index is 1440. The molecule has 0 saturated carbocycles. The third-order valence-corrected chi connectivity index (χ3v) is 7.30. The van der Waals surface area contributed by atoms with E-state index in [1.165, 1.54) is 6.07 Å². The molecule has 4 rings (SSSR count). The van der Waals surface area contributed by atoms with Crippen LogP contribution in [0.2, 0.25) is 10.0 Å². The summed E-state index contributed by atoms with van der Waals surface area (Å²) in [4.78, 5) is 30.6. The summed E-state index contributed by atoms with van der Waals surface area (Å²) in [7, 11) is 0. The number of hydrogen-bond donors (Lipinski definition) is 1. The van der Waals surface area contributed by atoms with E-state index in [1.54, 1.807) is 30.3 Å². The highest BCUT2D eigenvalue weighted by molar-refractivity contribution is 6.36. The maximum absolute atomic E-state index is 14.2. The highest BCUT2D eigenvalue weighted by atomic mass is 35.5. The van der Waals surface area contributed by atoms with Crippen LogP contribution in [0.25, 0.3) is 11.1 Å². The van der Waals surface area contributed by atoms with E-state index < -0.39 is 23.6 Å². The topological polar surface area (TPSA) is 108 Å². The van der Waals surface area contributed by atoms with Crippen LogP contribution in [0.5, 0.6) is 5.75 Å². The second kappa shape index (κ2) is 13.4. The van der Waals surface area contributed by atoms with Gasteiger partial charge in [0.25, 0.3) is 0 Å². The number of nitrogens with one attached hydrogen (secondary N) is 1. The number of alkyl halides is 1. The quantitative estimate of drug-likeness (QED) is 0.207. The van der Waals surface area contributed by atoms with Crippen molar-refractivity contribution in [2.45, 2.75) is 58.3 Å². The van der Waals surface area contributed by atoms with Gasteiger partial charge in [0.1, 0.15) is 17.5 Å². The van der Waals surface area contributed by atoms with E-state index in [0.29, 0.717) is 31.5 Å². The second-order valence-corrected chi connectivity index (χ2v) is 11.7. The van der Waals surface area contributed by atoms with Gasteiger partial charge >= 0.3 is 12.2 Å². The van der Waals surface area contributed by atoms with E-state index in [4.69, 9.17) is 49.0 Å². The molecule has 0 unspecified atom stereocenters. The number of anilines is 1. The van der Waals surface area contributed by atoms with Gasteiger partial charge in [-0.15, -0.1) is 0 Å². The number of hydrogen-bond acceptors (Lipinski definition) is 7. The molecule has 0 bridgehead atoms. The monoisotopic (exact) mass is 641 g/mol. The van der Waals surface area contributed by atoms with Gasteiger partial charge in [-0.2, -0.15) is 5.10 Å². The Labute approximate surface area is 258 Å². The number of rotatable bonds is 7. The first kappa shape index (κ1) is 31.7. The van der Waals surface area contributed by atoms with Crippen molar-refractivity contribution < 1.29 is 28.2 Å². The summed E-state index contributed by atoms with van der Waals surface area (Å²) in [5.74, 6) is -0.445. The minimum Gasteiger partial charge on any atom is -0.482 e. The third-order valence-electron chi connectivity index (χ3n) is 6.47. The number of halogens is 4. The molecule has 1 aliphatic rings. The van der Waals surface area contributed by atoms with Gasteiger partial charge in [-0.25, -0.2) is 19.0 Å². The Morgan fingerprint density at radius 3 is 2.55 bits per heavy atom. The molecule has 3 aromatic rings. The number of pyridine rings is 1. The van der Waals surface area contributed by atoms with Gasteiger partial charge in [-0.05, 0) is 58.7 Å². The summed E-state index contributed by atoms with van der Waals surface area (Å²) >= 11 is 18.0. The standard InChI is InChI=1S/C28H31Cl3FN5O5/c1-16(23-20(30)5-6-21(32)24(23)31)41-22-11-17(12-33-25(22)35-26(38)40-15-29)18-13-34-37(14-18)19-7-9-36(10-8-19)27(39)42-28(2,3)4/h5-6,11-14,16,19H,7-10,15H2,1-4H3,(H,33,35,38)/t16-/m1/s1. The van der Waals surface area contributed by atoms with Gasteiger partial charge in [0.15, 0.2) is 17.6 Å². The largest absolute Gasteiger partial charge is 0.482 e. The van der Waals surface area contributed by atoms with Crippen molar-refractivity contribution in [3.8, 4) is 16.9 Å². The molecular formula is C28H31Cl3FN5O5. The van der Waals surface area contributed by atoms with Crippen LogP contribution in [-0.4, -0.2) is 56.6 Å². The number of likely N-dealkylation sites (tertiary alicyclic amines) is 1. The fraction of sp³-hybridized carbons (Fsp3) is 0.429. The number of piperidine rings is 1. The Morgan fingerprint density at radius 1 is 1.17 bits per heavy atom. The average molecular weight is 643 g/mol. The number of carbonyl (C=O) groups excluding carboxylic acids is 2. The zero-order valence-corrected chi connectivity index (χ0v) is 25.8. The lowest BCUT2D eigenvalue weighted by molar-refractivity contribution is 0.0184. The molecule has 14 heteroatoms. The van der Waals surface area contributed by atoms with Crippen molar-refractivity contribution >= 4 is 52.8 Å². The molecule has 226 valence electrons. The molecule has 42 heavy (non-hydrogen) atoms. The minimum absolute atomic E-state index is 0.0475. The van der Waals surface area contributed by atoms with E-state index in [0.717, 1.165) is 11.6 Å². The summed E-state index contributed by atoms with van der Waals surface area (Å²) in [5.41, 5.74) is 1.07. The second-order valence-electron chi connectivity index (χ2n) is 10.7. The van der Waals surface area contributed by atoms with Crippen LogP contribution >= 0.6 is 34.8 Å². The van der Waals surface area contributed by atoms with Crippen LogP contribution in [-0.2, 0) is 9.47 Å². The molecule has 2 aromatic heterocycles. The highest BCUT2D eigenvalue weighted by Crippen LogP contribution is 2.38. The molecule has 2 amide bonds. The Morgan fingerprint density at radius 2 is 1.88 bits per heavy atom. The lowest BCUT2D eigenvalue weighted by Crippen LogP contribution is -2.42. The van der Waals surface area contributed by atoms with Crippen molar-refractivity contribution in [1.82, 2.24) is 19.7 Å². The molecular weight excluding hydrogens is 612 g/mol. The first-order valence-electron chi connectivity index (χ1n) is 13.2. The third kappa shape index (κ3) is 7.76. The van der Waals surface area contributed by atoms with E-state index in [9.17, 15) is 14.0 Å². The smallest absolute Gasteiger partial charge is 0.414 e. The van der Waals surface area contributed by atoms with Crippen LogP contribution in [0.15, 0.2) is 36.8 Å². The Balaban J connectivity index is 1.54. The number of nitrogens with zero attached hydrogens (tertiary/aromatic N) is 4. The molecule has 1 aliphatic heterocycles. The molecule has 1 aromatic carbocycles. The first-order valence-corrected chi connectivity index (χ1v) is 14.5. The SMILES string of the molecule is C[C@@H](Oc1cc(-c2cnn(C3CCN(C(=O)OC(C)(C)C)CC3)c2)cnc1NC(=O)OCCl)c1c(Cl)ccc(F)c1Cl. The summed E-state index contributed by atoms with van der Waals surface area (Å²) < 4.78 is 32.4. The van der Waals surface area contributed by atoms with Gasteiger partial charge in [0.05, 0.1) is 17.3 Å². The number of amides is 2. The van der Waals surface area contributed by atoms with Crippen LogP contribution in [0.4, 0.5) is 19.8 Å². The Kier molecular flexibility index (Phi) is 10.1. The first-order chi connectivity index (χ1) is 19.9. The zero-order valence-electron chi connectivity index (χ0n) is 23.5. The van der Waals surface area contributed by atoms with Gasteiger partial charge in [0, 0.05) is 47.2 Å². The summed E-state index contributed by atoms with van der Waals surface area (Å²) in [5, 5.41) is 7.07. The predicted molar refractivity (Wildman–Crippen MR) is 158 cm³/mol. The zero-order chi connectivity index (χ0) is 30.6. The van der Waals surface area contributed by atoms with Gasteiger partial charge in [-0.1, -0.05) is 34.8 Å². The fourth-order valence-electron chi connectivity index (χ4n) is 4.46. The normalized spacial score (nSPS) is 14.8. The molecule has 3 heterocycles. The molecule has 1 fully saturated rings. The van der Waals surface area contributed by atoms with Crippen molar-refractivity contribution in [3.63, 3.8) is 0 Å². The maximum Gasteiger partial charge on any atom is 0.414 e. The van der Waals surface area contributed by atoms with E-state index in [2.05, 4.69) is 15.4 Å². The van der Waals surface area contributed by atoms with Gasteiger partial charge in [-0.3, -0.25) is 10.00 Å². The van der Waals surface area contributed by atoms with Crippen molar-refractivity contribution in [2.75, 3.05) is 24.5 Å². The maximum atomic E-state index is 14.2. The van der Waals surface area contributed by atoms with Crippen LogP contribution in [0, 0.1) is 5.82 Å². The molecule has 1 N–H and O–H groups in total. The number of ether oxygens (including phenoxy) is 3. The van der Waals surface area contributed by atoms with Crippen molar-refractivity contribution in [1.29, 1.82) is 0 Å². The summed E-state index contributed by atoms with van der Waals surface area (Å²) in [6.07, 6.45) is 4.57. The highest BCUT2D eigenvalue weighted by Gasteiger charge is 2.28. The van der Waals surface area contributed by atoms with Crippen LogP contribution in [0.1, 0.15) is 58.2 Å². The summed E-state index contributed by atoms with van der Waals surface area (Å²) in [6, 6.07) is 3.94. The van der Waals surface area contributed by atoms with E-state index >= 15 is 0 Å². The van der Waals surface area contributed by atoms with Gasteiger partial charge in [0.2, 0.25) is 0 Å². The number of aromatic nitrogens is 3. The van der Waals surface area contributed by atoms with E-state index in [-0.39, 0.29) is 45.4 Å². The average Bonchev–Trinajstić information content (AvgIpc) is 3.42. The minimum atomic E-state index is -0.838. The lowest BCUT2D eigenvalue weighted by Gasteiger charge is -2.33. The van der Waals surface area contributed by atoms with Gasteiger partial charge < -0.3 is 19.1 Å².